The van der Waals surface area contributed by atoms with E-state index in [1.165, 1.54) is 18.4 Å². The Kier molecular flexibility index (Phi) is 4.74. The van der Waals surface area contributed by atoms with Crippen molar-refractivity contribution in [1.29, 1.82) is 0 Å². The van der Waals surface area contributed by atoms with Crippen LogP contribution >= 0.6 is 0 Å². The van der Waals surface area contributed by atoms with Gasteiger partial charge in [-0.1, -0.05) is 26.0 Å². The van der Waals surface area contributed by atoms with Crippen LogP contribution in [0.3, 0.4) is 0 Å². The van der Waals surface area contributed by atoms with Gasteiger partial charge >= 0.3 is 0 Å². The van der Waals surface area contributed by atoms with E-state index in [1.807, 2.05) is 36.5 Å². The molecule has 0 radical (unpaired) electrons. The second-order valence-electron chi connectivity index (χ2n) is 8.63. The lowest BCUT2D eigenvalue weighted by atomic mass is 9.89. The average Bonchev–Trinajstić information content (AvgIpc) is 3.43. The number of hydrogen-bond donors (Lipinski definition) is 3. The van der Waals surface area contributed by atoms with E-state index in [0.29, 0.717) is 16.8 Å². The van der Waals surface area contributed by atoms with E-state index in [1.54, 1.807) is 6.20 Å². The van der Waals surface area contributed by atoms with Crippen molar-refractivity contribution in [2.45, 2.75) is 25.5 Å². The van der Waals surface area contributed by atoms with Crippen molar-refractivity contribution in [3.63, 3.8) is 0 Å². The standard InChI is InChI=1S/C25H24FN3O2S/c1-14(2)23-24(18-5-4-6-20-16(18)7-9-27-20)22(13-32(3,30)31)29-25(23)19-11-15(26)12-21-17(19)8-10-28-21/h4-12,14,27-29H,13H2,1-3H3. The molecule has 0 saturated carbocycles. The fourth-order valence-electron chi connectivity index (χ4n) is 4.68. The Morgan fingerprint density at radius 3 is 2.31 bits per heavy atom. The van der Waals surface area contributed by atoms with E-state index in [-0.39, 0.29) is 17.5 Å². The molecule has 7 heteroatoms. The van der Waals surface area contributed by atoms with Crippen LogP contribution in [0.2, 0.25) is 0 Å². The fraction of sp³-hybridized carbons (Fsp3) is 0.200. The molecule has 0 aliphatic heterocycles. The first-order valence-corrected chi connectivity index (χ1v) is 12.5. The van der Waals surface area contributed by atoms with Crippen LogP contribution in [0, 0.1) is 5.82 Å². The summed E-state index contributed by atoms with van der Waals surface area (Å²) in [5.41, 5.74) is 6.57. The van der Waals surface area contributed by atoms with Crippen molar-refractivity contribution in [2.75, 3.05) is 6.26 Å². The Morgan fingerprint density at radius 1 is 0.938 bits per heavy atom. The highest BCUT2D eigenvalue weighted by Gasteiger charge is 2.26. The summed E-state index contributed by atoms with van der Waals surface area (Å²) in [6.45, 7) is 4.15. The minimum Gasteiger partial charge on any atom is -0.361 e. The lowest BCUT2D eigenvalue weighted by molar-refractivity contribution is 0.600. The maximum absolute atomic E-state index is 14.5. The third-order valence-corrected chi connectivity index (χ3v) is 6.68. The SMILES string of the molecule is CC(C)c1c(-c2cc(F)cc3[nH]ccc23)[nH]c(CS(C)(=O)=O)c1-c1cccc2[nH]ccc12. The van der Waals surface area contributed by atoms with Gasteiger partial charge in [-0.05, 0) is 47.4 Å². The zero-order valence-corrected chi connectivity index (χ0v) is 18.9. The summed E-state index contributed by atoms with van der Waals surface area (Å²) >= 11 is 0. The summed E-state index contributed by atoms with van der Waals surface area (Å²) < 4.78 is 39.2. The monoisotopic (exact) mass is 449 g/mol. The molecule has 5 rings (SSSR count). The van der Waals surface area contributed by atoms with Crippen molar-refractivity contribution in [3.05, 3.63) is 71.9 Å². The minimum atomic E-state index is -3.32. The van der Waals surface area contributed by atoms with Gasteiger partial charge in [0, 0.05) is 57.3 Å². The number of aromatic amines is 3. The molecular formula is C25H24FN3O2S. The van der Waals surface area contributed by atoms with Gasteiger partial charge in [-0.25, -0.2) is 12.8 Å². The number of H-pyrrole nitrogens is 3. The Bertz CT molecular complexity index is 1570. The molecule has 0 bridgehead atoms. The van der Waals surface area contributed by atoms with Gasteiger partial charge in [-0.15, -0.1) is 0 Å². The van der Waals surface area contributed by atoms with Gasteiger partial charge in [0.1, 0.15) is 5.82 Å². The van der Waals surface area contributed by atoms with Gasteiger partial charge in [-0.3, -0.25) is 0 Å². The predicted molar refractivity (Wildman–Crippen MR) is 128 cm³/mol. The number of rotatable bonds is 5. The minimum absolute atomic E-state index is 0.0658. The van der Waals surface area contributed by atoms with Crippen molar-refractivity contribution in [1.82, 2.24) is 15.0 Å². The van der Waals surface area contributed by atoms with Crippen molar-refractivity contribution in [2.24, 2.45) is 0 Å². The molecule has 0 amide bonds. The lowest BCUT2D eigenvalue weighted by Crippen LogP contribution is -2.03. The van der Waals surface area contributed by atoms with Crippen molar-refractivity contribution in [3.8, 4) is 22.4 Å². The van der Waals surface area contributed by atoms with Gasteiger partial charge < -0.3 is 15.0 Å². The number of halogens is 1. The Morgan fingerprint density at radius 2 is 1.62 bits per heavy atom. The quantitative estimate of drug-likeness (QED) is 0.302. The Balaban J connectivity index is 1.90. The number of sulfone groups is 1. The number of aromatic nitrogens is 3. The molecule has 0 aliphatic carbocycles. The highest BCUT2D eigenvalue weighted by Crippen LogP contribution is 2.44. The second-order valence-corrected chi connectivity index (χ2v) is 10.8. The average molecular weight is 450 g/mol. The zero-order chi connectivity index (χ0) is 22.6. The number of benzene rings is 2. The Labute approximate surface area is 185 Å². The van der Waals surface area contributed by atoms with Crippen LogP contribution in [-0.2, 0) is 15.6 Å². The van der Waals surface area contributed by atoms with Crippen LogP contribution in [-0.4, -0.2) is 29.6 Å². The van der Waals surface area contributed by atoms with Crippen LogP contribution in [0.5, 0.6) is 0 Å². The normalized spacial score (nSPS) is 12.4. The lowest BCUT2D eigenvalue weighted by Gasteiger charge is -2.14. The molecule has 3 aromatic heterocycles. The topological polar surface area (TPSA) is 81.5 Å². The molecule has 5 aromatic rings. The number of hydrogen-bond acceptors (Lipinski definition) is 2. The number of fused-ring (bicyclic) bond motifs is 2. The largest absolute Gasteiger partial charge is 0.361 e. The third-order valence-electron chi connectivity index (χ3n) is 5.87. The summed E-state index contributed by atoms with van der Waals surface area (Å²) in [6.07, 6.45) is 4.89. The fourth-order valence-corrected chi connectivity index (χ4v) is 5.42. The molecule has 164 valence electrons. The molecule has 0 atom stereocenters. The molecular weight excluding hydrogens is 425 g/mol. The van der Waals surface area contributed by atoms with E-state index < -0.39 is 9.84 Å². The predicted octanol–water partition coefficient (Wildman–Crippen LogP) is 6.12. The number of nitrogens with one attached hydrogen (secondary N) is 3. The third kappa shape index (κ3) is 3.42. The van der Waals surface area contributed by atoms with E-state index in [2.05, 4.69) is 28.8 Å². The first-order valence-electron chi connectivity index (χ1n) is 10.5. The molecule has 32 heavy (non-hydrogen) atoms. The van der Waals surface area contributed by atoms with Crippen LogP contribution in [0.4, 0.5) is 4.39 Å². The molecule has 0 saturated heterocycles. The van der Waals surface area contributed by atoms with Crippen molar-refractivity contribution >= 4 is 31.6 Å². The molecule has 0 fully saturated rings. The van der Waals surface area contributed by atoms with E-state index >= 15 is 0 Å². The highest BCUT2D eigenvalue weighted by atomic mass is 32.2. The maximum Gasteiger partial charge on any atom is 0.153 e. The first kappa shape index (κ1) is 20.6. The molecule has 0 spiro atoms. The second kappa shape index (κ2) is 7.38. The summed E-state index contributed by atoms with van der Waals surface area (Å²) in [6, 6.07) is 12.9. The van der Waals surface area contributed by atoms with Gasteiger partial charge in [0.05, 0.1) is 11.4 Å². The highest BCUT2D eigenvalue weighted by molar-refractivity contribution is 7.89. The molecule has 0 unspecified atom stereocenters. The van der Waals surface area contributed by atoms with E-state index in [4.69, 9.17) is 0 Å². The molecule has 0 aliphatic rings. The Hall–Kier alpha value is -3.32. The molecule has 5 nitrogen and oxygen atoms in total. The summed E-state index contributed by atoms with van der Waals surface area (Å²) in [5.74, 6) is -0.414. The molecule has 3 heterocycles. The van der Waals surface area contributed by atoms with Crippen molar-refractivity contribution < 1.29 is 12.8 Å². The summed E-state index contributed by atoms with van der Waals surface area (Å²) in [4.78, 5) is 9.71. The smallest absolute Gasteiger partial charge is 0.153 e. The summed E-state index contributed by atoms with van der Waals surface area (Å²) in [7, 11) is -3.32. The van der Waals surface area contributed by atoms with E-state index in [0.717, 1.165) is 38.7 Å². The van der Waals surface area contributed by atoms with Crippen LogP contribution in [0.1, 0.15) is 31.0 Å². The van der Waals surface area contributed by atoms with Gasteiger partial charge in [0.25, 0.3) is 0 Å². The summed E-state index contributed by atoms with van der Waals surface area (Å²) in [5, 5.41) is 1.90. The maximum atomic E-state index is 14.5. The van der Waals surface area contributed by atoms with Crippen LogP contribution in [0.15, 0.2) is 54.9 Å². The van der Waals surface area contributed by atoms with Gasteiger partial charge in [0.15, 0.2) is 9.84 Å². The zero-order valence-electron chi connectivity index (χ0n) is 18.1. The molecule has 2 aromatic carbocycles. The van der Waals surface area contributed by atoms with Crippen LogP contribution in [0.25, 0.3) is 44.2 Å². The van der Waals surface area contributed by atoms with E-state index in [9.17, 15) is 12.8 Å². The van der Waals surface area contributed by atoms with Crippen LogP contribution < -0.4 is 0 Å². The van der Waals surface area contributed by atoms with Gasteiger partial charge in [0.2, 0.25) is 0 Å². The van der Waals surface area contributed by atoms with Gasteiger partial charge in [-0.2, -0.15) is 0 Å². The first-order chi connectivity index (χ1) is 15.2. The molecule has 3 N–H and O–H groups in total.